The Balaban J connectivity index is 0.000000183. The molecule has 0 spiro atoms. The fourth-order valence-corrected chi connectivity index (χ4v) is 12.3. The fourth-order valence-electron chi connectivity index (χ4n) is 12.0. The average molecular weight is 1630 g/mol. The van der Waals surface area contributed by atoms with Gasteiger partial charge in [-0.2, -0.15) is 15.3 Å². The van der Waals surface area contributed by atoms with E-state index in [4.69, 9.17) is 73.7 Å². The highest BCUT2D eigenvalue weighted by molar-refractivity contribution is 9.10. The summed E-state index contributed by atoms with van der Waals surface area (Å²) >= 11 is 3.22. The van der Waals surface area contributed by atoms with E-state index in [0.29, 0.717) is 85.2 Å². The largest absolute Gasteiger partial charge is 0.487 e. The number of likely N-dealkylation sites (N-methyl/N-ethyl adjacent to an activating group) is 1. The number of aromatic nitrogens is 12. The molecule has 113 heavy (non-hydrogen) atoms. The minimum atomic E-state index is -0.787. The van der Waals surface area contributed by atoms with Gasteiger partial charge in [-0.05, 0) is 95.1 Å². The van der Waals surface area contributed by atoms with Crippen molar-refractivity contribution in [1.29, 1.82) is 0 Å². The molecular formula is C76H85BrF5N19O12. The van der Waals surface area contributed by atoms with E-state index >= 15 is 8.78 Å². The highest BCUT2D eigenvalue weighted by Crippen LogP contribution is 2.43. The molecule has 5 aromatic carbocycles. The van der Waals surface area contributed by atoms with E-state index in [1.165, 1.54) is 88.3 Å². The number of fused-ring (bicyclic) bond motifs is 1. The van der Waals surface area contributed by atoms with Crippen LogP contribution in [0.4, 0.5) is 50.8 Å². The molecule has 0 radical (unpaired) electrons. The number of aliphatic carboxylic acids is 1. The van der Waals surface area contributed by atoms with Gasteiger partial charge in [-0.15, -0.1) is 0 Å². The smallest absolute Gasteiger partial charge is 0.317 e. The van der Waals surface area contributed by atoms with Gasteiger partial charge in [0.15, 0.2) is 5.65 Å². The van der Waals surface area contributed by atoms with Crippen LogP contribution in [-0.2, 0) is 60.5 Å². The molecule has 3 saturated heterocycles. The van der Waals surface area contributed by atoms with Gasteiger partial charge < -0.3 is 85.0 Å². The number of halogens is 6. The lowest BCUT2D eigenvalue weighted by molar-refractivity contribution is -0.252. The SMILES string of the molecule is CN(C)CC(=O)O.COC(OC)OC.Cn1cncc1COc1cc(F)cc(Oc2ccc(-c3nn(C4CCOCC4)c4ncnc(N)c34)c(F)c2)c1.N.[C-]#[N+]c1c(-c2ccc(Br)cc2F)nn(C2CCOCC2)c1N.[C-]#[N+]c1c(-c2ccc(Oc3cc(F)cc(OCc4cncn4C)c3)cc2F)nn(C2CCOCC2)c1N. The number of carbonyl (C=O) groups is 1. The summed E-state index contributed by atoms with van der Waals surface area (Å²) in [6.07, 6.45) is 12.5. The van der Waals surface area contributed by atoms with Crippen molar-refractivity contribution < 1.29 is 79.2 Å². The Hall–Kier alpha value is -11.7. The van der Waals surface area contributed by atoms with E-state index in [1.807, 2.05) is 14.1 Å². The van der Waals surface area contributed by atoms with Crippen LogP contribution in [0.25, 0.3) is 54.5 Å². The number of ether oxygens (including phenoxy) is 10. The molecule has 14 rings (SSSR count). The van der Waals surface area contributed by atoms with Gasteiger partial charge in [-0.1, -0.05) is 15.9 Å². The Bertz CT molecular complexity index is 5100. The third-order valence-electron chi connectivity index (χ3n) is 17.6. The first-order valence-electron chi connectivity index (χ1n) is 34.8. The first-order chi connectivity index (χ1) is 54.0. The van der Waals surface area contributed by atoms with Crippen molar-refractivity contribution in [3.05, 3.63) is 190 Å². The van der Waals surface area contributed by atoms with Crippen molar-refractivity contribution in [2.75, 3.05) is 98.8 Å². The number of aryl methyl sites for hydroxylation is 2. The molecule has 0 bridgehead atoms. The highest BCUT2D eigenvalue weighted by Gasteiger charge is 2.30. The molecule has 6 aromatic heterocycles. The minimum absolute atomic E-state index is 0. The standard InChI is InChI=1S/C27H25F2N7O3.C26H24F2N6O3.C15H14BrFN4O.C4H9NO2.C4H10O3.H3N/c1-35-15-31-12-18(35)13-38-20-8-16(28)9-21(10-20)39-19-2-3-22(23(29)11-19)25-24-26(30)32-14-33-27(24)36(34-25)17-4-6-37-7-5-17;1-30-25-24(32-34(26(25)29)17-5-7-35-8-6-17)22-4-3-19(12-23(22)28)37-21-10-16(27)9-20(11-21)36-14-18-13-31-15-33(18)2;1-19-14-13(11-3-2-9(16)8-12(11)17)20-21(15(14)18)10-4-6-22-7-5-10;1-5(2)3-4(6)7;1-5-4(6-2)7-3;/h2-3,8-12,14-15,17H,4-7,13H2,1H3,(H2,30,32,33);3-4,9-13,15,17H,5-8,14,29H2,2H3;2-3,8,10H,4-7,18H2;3H2,1-2H3,(H,6,7);4H,1-3H3;1H3. The Kier molecular flexibility index (Phi) is 30.6. The summed E-state index contributed by atoms with van der Waals surface area (Å²) in [6, 6.07) is 21.2. The lowest BCUT2D eigenvalue weighted by Crippen LogP contribution is -2.21. The third-order valence-corrected chi connectivity index (χ3v) is 18.1. The van der Waals surface area contributed by atoms with E-state index in [0.717, 1.165) is 43.1 Å². The van der Waals surface area contributed by atoms with Crippen molar-refractivity contribution >= 4 is 61.8 Å². The first kappa shape index (κ1) is 85.4. The van der Waals surface area contributed by atoms with Crippen molar-refractivity contribution in [2.24, 2.45) is 14.1 Å². The van der Waals surface area contributed by atoms with E-state index in [9.17, 15) is 18.0 Å². The van der Waals surface area contributed by atoms with E-state index in [2.05, 4.69) is 70.0 Å². The van der Waals surface area contributed by atoms with Crippen LogP contribution in [0.15, 0.2) is 127 Å². The number of imidazole rings is 2. The fraction of sp³-hybridized carbons (Fsp3) is 0.342. The molecule has 598 valence electrons. The number of rotatable bonds is 21. The molecule has 10 N–H and O–H groups in total. The predicted molar refractivity (Wildman–Crippen MR) is 411 cm³/mol. The molecule has 0 aliphatic carbocycles. The minimum Gasteiger partial charge on any atom is -0.487 e. The van der Waals surface area contributed by atoms with Gasteiger partial charge in [-0.25, -0.2) is 56.3 Å². The third kappa shape index (κ3) is 22.1. The van der Waals surface area contributed by atoms with Gasteiger partial charge in [0.1, 0.15) is 118 Å². The van der Waals surface area contributed by atoms with Gasteiger partial charge in [0.25, 0.3) is 17.9 Å². The number of carboxylic acid groups (broad SMARTS) is 1. The summed E-state index contributed by atoms with van der Waals surface area (Å²) in [7, 11) is 11.6. The molecule has 3 aliphatic rings. The summed E-state index contributed by atoms with van der Waals surface area (Å²) in [5, 5.41) is 22.2. The maximum atomic E-state index is 15.5. The molecule has 9 heterocycles. The van der Waals surface area contributed by atoms with E-state index in [-0.39, 0.29) is 124 Å². The van der Waals surface area contributed by atoms with Crippen LogP contribution >= 0.6 is 15.9 Å². The Morgan fingerprint density at radius 2 is 0.973 bits per heavy atom. The summed E-state index contributed by atoms with van der Waals surface area (Å²) in [5.74, 6) is -1.72. The molecular weight excluding hydrogens is 1550 g/mol. The van der Waals surface area contributed by atoms with Gasteiger partial charge in [0.05, 0.1) is 79.6 Å². The number of hydrogen-bond acceptors (Lipinski definition) is 23. The molecule has 3 aliphatic heterocycles. The van der Waals surface area contributed by atoms with Crippen LogP contribution in [-0.4, -0.2) is 162 Å². The molecule has 0 atom stereocenters. The second kappa shape index (κ2) is 40.5. The lowest BCUT2D eigenvalue weighted by atomic mass is 10.1. The summed E-state index contributed by atoms with van der Waals surface area (Å²) in [5.41, 5.74) is 22.4. The lowest BCUT2D eigenvalue weighted by Gasteiger charge is -2.23. The number of benzene rings is 5. The quantitative estimate of drug-likeness (QED) is 0.0253. The summed E-state index contributed by atoms with van der Waals surface area (Å²) < 4.78 is 136. The molecule has 0 saturated carbocycles. The summed E-state index contributed by atoms with van der Waals surface area (Å²) in [6.45, 7) is 18.5. The zero-order valence-electron chi connectivity index (χ0n) is 62.8. The van der Waals surface area contributed by atoms with Crippen LogP contribution < -0.4 is 42.3 Å². The topological polar surface area (TPSA) is 370 Å². The predicted octanol–water partition coefficient (Wildman–Crippen LogP) is 14.2. The van der Waals surface area contributed by atoms with E-state index in [1.54, 1.807) is 91.5 Å². The van der Waals surface area contributed by atoms with Gasteiger partial charge in [-0.3, -0.25) is 19.1 Å². The van der Waals surface area contributed by atoms with E-state index < -0.39 is 41.5 Å². The van der Waals surface area contributed by atoms with Gasteiger partial charge in [0.2, 0.25) is 0 Å². The van der Waals surface area contributed by atoms with Crippen molar-refractivity contribution in [3.63, 3.8) is 0 Å². The molecule has 31 nitrogen and oxygen atoms in total. The summed E-state index contributed by atoms with van der Waals surface area (Å²) in [4.78, 5) is 34.9. The normalized spacial score (nSPS) is 13.7. The van der Waals surface area contributed by atoms with Crippen molar-refractivity contribution in [2.45, 2.75) is 76.3 Å². The number of methoxy groups -OCH3 is 3. The van der Waals surface area contributed by atoms with Gasteiger partial charge in [0, 0.05) is 145 Å². The molecule has 37 heteroatoms. The number of nitrogens with two attached hydrogens (primary N) is 3. The Morgan fingerprint density at radius 1 is 0.575 bits per heavy atom. The molecule has 0 amide bonds. The average Bonchev–Trinajstić information content (AvgIpc) is 1.62. The molecule has 11 aromatic rings. The maximum Gasteiger partial charge on any atom is 0.317 e. The second-order valence-corrected chi connectivity index (χ2v) is 26.5. The zero-order chi connectivity index (χ0) is 80.1. The number of nitrogen functional groups attached to an aromatic ring is 3. The molecule has 0 unspecified atom stereocenters. The van der Waals surface area contributed by atoms with Crippen molar-refractivity contribution in [3.8, 4) is 68.3 Å². The number of hydrogen-bond donors (Lipinski definition) is 5. The van der Waals surface area contributed by atoms with Crippen LogP contribution in [0, 0.1) is 42.2 Å². The Labute approximate surface area is 655 Å². The van der Waals surface area contributed by atoms with Crippen LogP contribution in [0.3, 0.4) is 0 Å². The number of nitrogens with zero attached hydrogens (tertiary/aromatic N) is 15. The monoisotopic (exact) mass is 1630 g/mol. The van der Waals surface area contributed by atoms with Crippen LogP contribution in [0.2, 0.25) is 0 Å². The van der Waals surface area contributed by atoms with Gasteiger partial charge >= 0.3 is 5.97 Å². The second-order valence-electron chi connectivity index (χ2n) is 25.6. The zero-order valence-corrected chi connectivity index (χ0v) is 64.4. The maximum absolute atomic E-state index is 15.5. The van der Waals surface area contributed by atoms with Crippen molar-refractivity contribution in [1.82, 2.24) is 69.5 Å². The number of anilines is 3. The first-order valence-corrected chi connectivity index (χ1v) is 35.6. The van der Waals surface area contributed by atoms with Crippen LogP contribution in [0.1, 0.15) is 68.0 Å². The highest BCUT2D eigenvalue weighted by atomic mass is 79.9. The Morgan fingerprint density at radius 3 is 1.34 bits per heavy atom. The number of carboxylic acids is 1. The van der Waals surface area contributed by atoms with Crippen LogP contribution in [0.5, 0.6) is 34.5 Å². The molecule has 3 fully saturated rings.